The molecule has 0 aliphatic heterocycles. The van der Waals surface area contributed by atoms with Crippen LogP contribution in [0, 0.1) is 0 Å². The first kappa shape index (κ1) is 18.2. The van der Waals surface area contributed by atoms with E-state index in [0.717, 1.165) is 34.8 Å². The Bertz CT molecular complexity index is 589. The summed E-state index contributed by atoms with van der Waals surface area (Å²) in [6, 6.07) is 15.6. The molecule has 0 amide bonds. The number of thioether (sulfide) groups is 1. The van der Waals surface area contributed by atoms with Crippen LogP contribution in [0.3, 0.4) is 0 Å². The van der Waals surface area contributed by atoms with Crippen molar-refractivity contribution >= 4 is 23.4 Å². The van der Waals surface area contributed by atoms with Crippen molar-refractivity contribution in [3.05, 3.63) is 64.7 Å². The van der Waals surface area contributed by atoms with Crippen LogP contribution < -0.4 is 4.74 Å². The average Bonchev–Trinajstić information content (AvgIpc) is 2.55. The molecule has 0 saturated heterocycles. The molecule has 2 aromatic carbocycles. The summed E-state index contributed by atoms with van der Waals surface area (Å²) >= 11 is 7.88. The van der Waals surface area contributed by atoms with E-state index in [1.165, 1.54) is 0 Å². The predicted molar refractivity (Wildman–Crippen MR) is 99.6 cm³/mol. The summed E-state index contributed by atoms with van der Waals surface area (Å²) in [6.07, 6.45) is 1.30. The largest absolute Gasteiger partial charge is 0.489 e. The Morgan fingerprint density at radius 2 is 1.96 bits per heavy atom. The van der Waals surface area contributed by atoms with Gasteiger partial charge in [0.15, 0.2) is 0 Å². The summed E-state index contributed by atoms with van der Waals surface area (Å²) in [4.78, 5) is 0. The van der Waals surface area contributed by atoms with Gasteiger partial charge in [-0.05, 0) is 41.5 Å². The topological polar surface area (TPSA) is 29.5 Å². The molecular weight excluding hydrogens is 328 g/mol. The maximum absolute atomic E-state index is 10.2. The minimum absolute atomic E-state index is 0.385. The zero-order valence-corrected chi connectivity index (χ0v) is 14.9. The first-order valence-electron chi connectivity index (χ1n) is 7.90. The van der Waals surface area contributed by atoms with Crippen LogP contribution in [0.15, 0.2) is 48.5 Å². The van der Waals surface area contributed by atoms with E-state index < -0.39 is 0 Å². The van der Waals surface area contributed by atoms with Crippen molar-refractivity contribution < 1.29 is 9.84 Å². The monoisotopic (exact) mass is 350 g/mol. The fourth-order valence-electron chi connectivity index (χ4n) is 2.26. The van der Waals surface area contributed by atoms with Crippen molar-refractivity contribution in [2.45, 2.75) is 32.5 Å². The highest BCUT2D eigenvalue weighted by molar-refractivity contribution is 7.99. The van der Waals surface area contributed by atoms with Gasteiger partial charge in [0.25, 0.3) is 0 Å². The Balaban J connectivity index is 1.99. The summed E-state index contributed by atoms with van der Waals surface area (Å²) in [5.41, 5.74) is 2.07. The highest BCUT2D eigenvalue weighted by atomic mass is 35.5. The van der Waals surface area contributed by atoms with Crippen molar-refractivity contribution in [3.63, 3.8) is 0 Å². The van der Waals surface area contributed by atoms with E-state index >= 15 is 0 Å². The summed E-state index contributed by atoms with van der Waals surface area (Å²) in [6.45, 7) is 2.65. The molecule has 0 aliphatic rings. The molecule has 1 N–H and O–H groups in total. The lowest BCUT2D eigenvalue weighted by Gasteiger charge is -2.15. The maximum Gasteiger partial charge on any atom is 0.123 e. The molecule has 2 rings (SSSR count). The third-order valence-electron chi connectivity index (χ3n) is 3.37. The Morgan fingerprint density at radius 1 is 1.17 bits per heavy atom. The average molecular weight is 351 g/mol. The smallest absolute Gasteiger partial charge is 0.123 e. The van der Waals surface area contributed by atoms with Gasteiger partial charge in [0.05, 0.1) is 6.10 Å². The van der Waals surface area contributed by atoms with Crippen molar-refractivity contribution in [2.24, 2.45) is 0 Å². The van der Waals surface area contributed by atoms with E-state index in [4.69, 9.17) is 16.3 Å². The van der Waals surface area contributed by atoms with E-state index in [0.29, 0.717) is 18.1 Å². The molecular formula is C19H23ClO2S. The molecule has 0 aromatic heterocycles. The maximum atomic E-state index is 10.2. The van der Waals surface area contributed by atoms with Gasteiger partial charge in [0, 0.05) is 17.2 Å². The number of ether oxygens (including phenoxy) is 1. The van der Waals surface area contributed by atoms with E-state index in [9.17, 15) is 5.11 Å². The van der Waals surface area contributed by atoms with Gasteiger partial charge in [-0.1, -0.05) is 48.9 Å². The molecule has 0 heterocycles. The van der Waals surface area contributed by atoms with E-state index in [1.54, 1.807) is 11.8 Å². The first-order valence-corrected chi connectivity index (χ1v) is 9.43. The van der Waals surface area contributed by atoms with E-state index in [2.05, 4.69) is 6.92 Å². The minimum Gasteiger partial charge on any atom is -0.489 e. The minimum atomic E-state index is -0.385. The molecule has 1 atom stereocenters. The molecule has 124 valence electrons. The quantitative estimate of drug-likeness (QED) is 0.648. The number of rotatable bonds is 9. The van der Waals surface area contributed by atoms with Crippen LogP contribution in [-0.4, -0.2) is 22.7 Å². The molecule has 0 fully saturated rings. The summed E-state index contributed by atoms with van der Waals surface area (Å²) < 4.78 is 5.93. The lowest BCUT2D eigenvalue weighted by molar-refractivity contribution is 0.197. The Morgan fingerprint density at radius 3 is 2.70 bits per heavy atom. The standard InChI is InChI=1S/C19H23ClO2S/c1-2-10-23-14-18(21)12-16-11-17(20)8-9-19(16)22-13-15-6-4-3-5-7-15/h3-9,11,18,21H,2,10,12-14H2,1H3/t18-/m0/s1. The van der Waals surface area contributed by atoms with Crippen LogP contribution >= 0.6 is 23.4 Å². The predicted octanol–water partition coefficient (Wildman–Crippen LogP) is 4.97. The zero-order chi connectivity index (χ0) is 16.5. The van der Waals surface area contributed by atoms with Crippen LogP contribution in [0.5, 0.6) is 5.75 Å². The number of hydrogen-bond donors (Lipinski definition) is 1. The molecule has 0 spiro atoms. The van der Waals surface area contributed by atoms with Gasteiger partial charge in [-0.15, -0.1) is 0 Å². The molecule has 0 unspecified atom stereocenters. The van der Waals surface area contributed by atoms with Crippen LogP contribution in [-0.2, 0) is 13.0 Å². The van der Waals surface area contributed by atoms with E-state index in [1.807, 2.05) is 48.5 Å². The molecule has 23 heavy (non-hydrogen) atoms. The van der Waals surface area contributed by atoms with Gasteiger partial charge in [-0.2, -0.15) is 11.8 Å². The normalized spacial score (nSPS) is 12.1. The lowest BCUT2D eigenvalue weighted by atomic mass is 10.1. The third kappa shape index (κ3) is 6.46. The summed E-state index contributed by atoms with van der Waals surface area (Å²) in [5.74, 6) is 2.60. The van der Waals surface area contributed by atoms with Crippen LogP contribution in [0.2, 0.25) is 5.02 Å². The van der Waals surface area contributed by atoms with E-state index in [-0.39, 0.29) is 6.10 Å². The number of halogens is 1. The highest BCUT2D eigenvalue weighted by Crippen LogP contribution is 2.26. The lowest BCUT2D eigenvalue weighted by Crippen LogP contribution is -2.14. The van der Waals surface area contributed by atoms with Crippen molar-refractivity contribution in [2.75, 3.05) is 11.5 Å². The van der Waals surface area contributed by atoms with Gasteiger partial charge in [0.1, 0.15) is 12.4 Å². The van der Waals surface area contributed by atoms with Gasteiger partial charge >= 0.3 is 0 Å². The van der Waals surface area contributed by atoms with Gasteiger partial charge in [0.2, 0.25) is 0 Å². The summed E-state index contributed by atoms with van der Waals surface area (Å²) in [7, 11) is 0. The number of aliphatic hydroxyl groups is 1. The van der Waals surface area contributed by atoms with Gasteiger partial charge in [-0.25, -0.2) is 0 Å². The molecule has 0 aliphatic carbocycles. The third-order valence-corrected chi connectivity index (χ3v) is 4.93. The van der Waals surface area contributed by atoms with Crippen LogP contribution in [0.4, 0.5) is 0 Å². The number of aliphatic hydroxyl groups excluding tert-OH is 1. The van der Waals surface area contributed by atoms with Crippen molar-refractivity contribution in [1.82, 2.24) is 0 Å². The summed E-state index contributed by atoms with van der Waals surface area (Å²) in [5, 5.41) is 10.9. The molecule has 0 bridgehead atoms. The van der Waals surface area contributed by atoms with Crippen molar-refractivity contribution in [1.29, 1.82) is 0 Å². The number of benzene rings is 2. The Hall–Kier alpha value is -1.16. The molecule has 2 aromatic rings. The fraction of sp³-hybridized carbons (Fsp3) is 0.368. The fourth-order valence-corrected chi connectivity index (χ4v) is 3.30. The van der Waals surface area contributed by atoms with Gasteiger partial charge < -0.3 is 9.84 Å². The molecule has 0 saturated carbocycles. The highest BCUT2D eigenvalue weighted by Gasteiger charge is 2.11. The Labute approximate surface area is 147 Å². The Kier molecular flexibility index (Phi) is 7.80. The van der Waals surface area contributed by atoms with Crippen LogP contribution in [0.25, 0.3) is 0 Å². The molecule has 4 heteroatoms. The SMILES string of the molecule is CCCSC[C@@H](O)Cc1cc(Cl)ccc1OCc1ccccc1. The second-order valence-corrected chi connectivity index (χ2v) is 7.05. The van der Waals surface area contributed by atoms with Gasteiger partial charge in [-0.3, -0.25) is 0 Å². The first-order chi connectivity index (χ1) is 11.2. The molecule has 2 nitrogen and oxygen atoms in total. The van der Waals surface area contributed by atoms with Crippen LogP contribution in [0.1, 0.15) is 24.5 Å². The second-order valence-electron chi connectivity index (χ2n) is 5.46. The van der Waals surface area contributed by atoms with Crippen molar-refractivity contribution in [3.8, 4) is 5.75 Å². The molecule has 0 radical (unpaired) electrons. The zero-order valence-electron chi connectivity index (χ0n) is 13.4. The number of hydrogen-bond acceptors (Lipinski definition) is 3. The second kappa shape index (κ2) is 9.86.